The van der Waals surface area contributed by atoms with Gasteiger partial charge in [-0.25, -0.2) is 0 Å². The maximum atomic E-state index is 5.64. The molecule has 0 aromatic carbocycles. The van der Waals surface area contributed by atoms with Crippen LogP contribution in [-0.4, -0.2) is 39.0 Å². The van der Waals surface area contributed by atoms with Gasteiger partial charge in [0.2, 0.25) is 0 Å². The van der Waals surface area contributed by atoms with Crippen LogP contribution < -0.4 is 5.32 Å². The molecular formula is C9H17NO2. The van der Waals surface area contributed by atoms with Crippen molar-refractivity contribution in [2.45, 2.75) is 25.0 Å². The van der Waals surface area contributed by atoms with Crippen LogP contribution in [0.2, 0.25) is 0 Å². The van der Waals surface area contributed by atoms with Crippen molar-refractivity contribution < 1.29 is 9.47 Å². The molecule has 1 N–H and O–H groups in total. The predicted octanol–water partition coefficient (Wildman–Crippen LogP) is 0.400. The fourth-order valence-electron chi connectivity index (χ4n) is 1.50. The molecule has 2 aliphatic rings. The van der Waals surface area contributed by atoms with E-state index in [9.17, 15) is 0 Å². The number of hydrogen-bond acceptors (Lipinski definition) is 3. The average molecular weight is 171 g/mol. The summed E-state index contributed by atoms with van der Waals surface area (Å²) in [6.07, 6.45) is 3.12. The van der Waals surface area contributed by atoms with Crippen molar-refractivity contribution in [3.8, 4) is 0 Å². The second-order valence-corrected chi connectivity index (χ2v) is 3.73. The Morgan fingerprint density at radius 1 is 1.50 bits per heavy atom. The van der Waals surface area contributed by atoms with E-state index in [1.54, 1.807) is 0 Å². The van der Waals surface area contributed by atoms with Crippen LogP contribution in [0.3, 0.4) is 0 Å². The van der Waals surface area contributed by atoms with Crippen LogP contribution in [0.4, 0.5) is 0 Å². The lowest BCUT2D eigenvalue weighted by Gasteiger charge is -2.28. The van der Waals surface area contributed by atoms with E-state index in [4.69, 9.17) is 9.47 Å². The van der Waals surface area contributed by atoms with Crippen molar-refractivity contribution in [2.24, 2.45) is 5.92 Å². The van der Waals surface area contributed by atoms with E-state index >= 15 is 0 Å². The van der Waals surface area contributed by atoms with Gasteiger partial charge >= 0.3 is 0 Å². The summed E-state index contributed by atoms with van der Waals surface area (Å²) in [7, 11) is 2.02. The second-order valence-electron chi connectivity index (χ2n) is 3.73. The molecule has 0 aromatic heterocycles. The zero-order valence-electron chi connectivity index (χ0n) is 7.58. The number of ether oxygens (including phenoxy) is 2. The normalized spacial score (nSPS) is 26.8. The molecule has 2 fully saturated rings. The SMILES string of the molecule is CNC(COC1COC1)C1CC1. The molecule has 1 saturated heterocycles. The van der Waals surface area contributed by atoms with E-state index in [2.05, 4.69) is 5.32 Å². The third-order valence-electron chi connectivity index (χ3n) is 2.68. The molecule has 0 bridgehead atoms. The highest BCUT2D eigenvalue weighted by atomic mass is 16.6. The Balaban J connectivity index is 1.62. The fourth-order valence-corrected chi connectivity index (χ4v) is 1.50. The van der Waals surface area contributed by atoms with Gasteiger partial charge < -0.3 is 14.8 Å². The molecule has 1 aliphatic heterocycles. The van der Waals surface area contributed by atoms with E-state index in [1.807, 2.05) is 7.05 Å². The van der Waals surface area contributed by atoms with Crippen LogP contribution in [-0.2, 0) is 9.47 Å². The van der Waals surface area contributed by atoms with Crippen molar-refractivity contribution in [1.29, 1.82) is 0 Å². The molecule has 1 heterocycles. The van der Waals surface area contributed by atoms with Crippen molar-refractivity contribution >= 4 is 0 Å². The largest absolute Gasteiger partial charge is 0.376 e. The van der Waals surface area contributed by atoms with Crippen LogP contribution in [0.15, 0.2) is 0 Å². The standard InChI is InChI=1S/C9H17NO2/c1-10-9(7-2-3-7)6-12-8-4-11-5-8/h7-10H,2-6H2,1H3. The summed E-state index contributed by atoms with van der Waals surface area (Å²) >= 11 is 0. The summed E-state index contributed by atoms with van der Waals surface area (Å²) < 4.78 is 10.7. The molecule has 0 aromatic rings. The first-order valence-corrected chi connectivity index (χ1v) is 4.76. The number of nitrogens with one attached hydrogen (secondary N) is 1. The monoisotopic (exact) mass is 171 g/mol. The summed E-state index contributed by atoms with van der Waals surface area (Å²) in [5.41, 5.74) is 0. The van der Waals surface area contributed by atoms with Gasteiger partial charge in [0.25, 0.3) is 0 Å². The van der Waals surface area contributed by atoms with Crippen LogP contribution in [0.25, 0.3) is 0 Å². The van der Waals surface area contributed by atoms with Gasteiger partial charge in [0, 0.05) is 6.04 Å². The summed E-state index contributed by atoms with van der Waals surface area (Å²) in [5.74, 6) is 0.871. The minimum absolute atomic E-state index is 0.375. The maximum absolute atomic E-state index is 5.64. The number of rotatable bonds is 5. The Morgan fingerprint density at radius 3 is 2.67 bits per heavy atom. The van der Waals surface area contributed by atoms with Gasteiger partial charge in [-0.2, -0.15) is 0 Å². The molecule has 0 spiro atoms. The first-order valence-electron chi connectivity index (χ1n) is 4.76. The Labute approximate surface area is 73.4 Å². The summed E-state index contributed by atoms with van der Waals surface area (Å²) in [4.78, 5) is 0. The molecule has 2 rings (SSSR count). The van der Waals surface area contributed by atoms with E-state index in [-0.39, 0.29) is 0 Å². The highest BCUT2D eigenvalue weighted by Crippen LogP contribution is 2.32. The van der Waals surface area contributed by atoms with Crippen molar-refractivity contribution in [3.63, 3.8) is 0 Å². The van der Waals surface area contributed by atoms with Crippen molar-refractivity contribution in [3.05, 3.63) is 0 Å². The molecule has 0 amide bonds. The van der Waals surface area contributed by atoms with E-state index in [1.165, 1.54) is 12.8 Å². The third-order valence-corrected chi connectivity index (χ3v) is 2.68. The zero-order valence-corrected chi connectivity index (χ0v) is 7.58. The lowest BCUT2D eigenvalue weighted by molar-refractivity contribution is -0.133. The molecule has 3 heteroatoms. The van der Waals surface area contributed by atoms with Crippen LogP contribution in [0, 0.1) is 5.92 Å². The average Bonchev–Trinajstić information content (AvgIpc) is 2.77. The molecule has 1 aliphatic carbocycles. The third kappa shape index (κ3) is 1.97. The predicted molar refractivity (Wildman–Crippen MR) is 46.1 cm³/mol. The van der Waals surface area contributed by atoms with Crippen molar-refractivity contribution in [2.75, 3.05) is 26.9 Å². The lowest BCUT2D eigenvalue weighted by Crippen LogP contribution is -2.41. The van der Waals surface area contributed by atoms with Gasteiger partial charge in [0.15, 0.2) is 0 Å². The van der Waals surface area contributed by atoms with Gasteiger partial charge in [-0.3, -0.25) is 0 Å². The molecule has 0 radical (unpaired) electrons. The highest BCUT2D eigenvalue weighted by Gasteiger charge is 2.31. The Kier molecular flexibility index (Phi) is 2.63. The molecule has 70 valence electrons. The molecular weight excluding hydrogens is 154 g/mol. The summed E-state index contributed by atoms with van der Waals surface area (Å²) in [6, 6.07) is 0.575. The molecule has 1 unspecified atom stereocenters. The van der Waals surface area contributed by atoms with Gasteiger partial charge in [-0.05, 0) is 25.8 Å². The quantitative estimate of drug-likeness (QED) is 0.649. The Bertz CT molecular complexity index is 143. The van der Waals surface area contributed by atoms with E-state index in [0.29, 0.717) is 12.1 Å². The summed E-state index contributed by atoms with van der Waals surface area (Å²) in [5, 5.41) is 3.30. The maximum Gasteiger partial charge on any atom is 0.104 e. The molecule has 1 atom stereocenters. The van der Waals surface area contributed by atoms with Crippen molar-refractivity contribution in [1.82, 2.24) is 5.32 Å². The molecule has 3 nitrogen and oxygen atoms in total. The first-order chi connectivity index (χ1) is 5.90. The zero-order chi connectivity index (χ0) is 8.39. The molecule has 1 saturated carbocycles. The minimum Gasteiger partial charge on any atom is -0.376 e. The molecule has 12 heavy (non-hydrogen) atoms. The van der Waals surface area contributed by atoms with Gasteiger partial charge in [0.05, 0.1) is 19.8 Å². The first kappa shape index (κ1) is 8.48. The van der Waals surface area contributed by atoms with Crippen LogP contribution in [0.5, 0.6) is 0 Å². The summed E-state index contributed by atoms with van der Waals surface area (Å²) in [6.45, 7) is 2.44. The van der Waals surface area contributed by atoms with Gasteiger partial charge in [-0.15, -0.1) is 0 Å². The van der Waals surface area contributed by atoms with Gasteiger partial charge in [-0.1, -0.05) is 0 Å². The Morgan fingerprint density at radius 2 is 2.25 bits per heavy atom. The second kappa shape index (κ2) is 3.73. The lowest BCUT2D eigenvalue weighted by atomic mass is 10.2. The minimum atomic E-state index is 0.375. The van der Waals surface area contributed by atoms with Crippen LogP contribution >= 0.6 is 0 Å². The smallest absolute Gasteiger partial charge is 0.104 e. The fraction of sp³-hybridized carbons (Fsp3) is 1.00. The van der Waals surface area contributed by atoms with E-state index < -0.39 is 0 Å². The number of likely N-dealkylation sites (N-methyl/N-ethyl adjacent to an activating group) is 1. The van der Waals surface area contributed by atoms with Gasteiger partial charge in [0.1, 0.15) is 6.10 Å². The topological polar surface area (TPSA) is 30.5 Å². The highest BCUT2D eigenvalue weighted by molar-refractivity contribution is 4.85. The van der Waals surface area contributed by atoms with Crippen LogP contribution in [0.1, 0.15) is 12.8 Å². The van der Waals surface area contributed by atoms with E-state index in [0.717, 1.165) is 25.7 Å². The number of hydrogen-bond donors (Lipinski definition) is 1. The Hall–Kier alpha value is -0.120.